The van der Waals surface area contributed by atoms with Crippen LogP contribution < -0.4 is 0 Å². The van der Waals surface area contributed by atoms with Crippen LogP contribution in [0.5, 0.6) is 0 Å². The van der Waals surface area contributed by atoms with E-state index in [-0.39, 0.29) is 13.0 Å². The zero-order chi connectivity index (χ0) is 11.2. The fraction of sp³-hybridized carbons (Fsp3) is 0.700. The quantitative estimate of drug-likeness (QED) is 0.418. The molecular weight excluding hydrogens is 184 g/mol. The van der Waals surface area contributed by atoms with Gasteiger partial charge < -0.3 is 14.6 Å². The van der Waals surface area contributed by atoms with Crippen molar-refractivity contribution in [3.8, 4) is 0 Å². The lowest BCUT2D eigenvalue weighted by molar-refractivity contribution is -0.339. The number of allylic oxidation sites excluding steroid dienone is 1. The minimum absolute atomic E-state index is 0.198. The second-order valence-corrected chi connectivity index (χ2v) is 3.14. The maximum absolute atomic E-state index is 11.2. The van der Waals surface area contributed by atoms with Crippen LogP contribution in [0.15, 0.2) is 11.6 Å². The Kier molecular flexibility index (Phi) is 5.42. The Morgan fingerprint density at radius 3 is 2.36 bits per heavy atom. The number of esters is 1. The van der Waals surface area contributed by atoms with Crippen molar-refractivity contribution in [1.29, 1.82) is 0 Å². The van der Waals surface area contributed by atoms with Gasteiger partial charge in [-0.1, -0.05) is 12.5 Å². The summed E-state index contributed by atoms with van der Waals surface area (Å²) in [6, 6.07) is 0. The Bertz CT molecular complexity index is 218. The maximum atomic E-state index is 11.2. The summed E-state index contributed by atoms with van der Waals surface area (Å²) in [5.41, 5.74) is 0.810. The summed E-state index contributed by atoms with van der Waals surface area (Å²) in [6.45, 7) is 7.22. The summed E-state index contributed by atoms with van der Waals surface area (Å²) < 4.78 is 9.67. The summed E-state index contributed by atoms with van der Waals surface area (Å²) in [5, 5.41) is 9.61. The first-order valence-electron chi connectivity index (χ1n) is 4.67. The van der Waals surface area contributed by atoms with Gasteiger partial charge >= 0.3 is 11.9 Å². The topological polar surface area (TPSA) is 55.8 Å². The molecule has 0 rings (SSSR count). The lowest BCUT2D eigenvalue weighted by Crippen LogP contribution is -2.36. The molecule has 1 unspecified atom stereocenters. The number of hydrogen-bond acceptors (Lipinski definition) is 4. The van der Waals surface area contributed by atoms with Crippen molar-refractivity contribution in [2.45, 2.75) is 40.1 Å². The summed E-state index contributed by atoms with van der Waals surface area (Å²) in [5.74, 6) is -2.39. The predicted molar refractivity (Wildman–Crippen MR) is 52.4 cm³/mol. The third-order valence-corrected chi connectivity index (χ3v) is 1.48. The Labute approximate surface area is 84.5 Å². The third-order valence-electron chi connectivity index (χ3n) is 1.48. The molecule has 0 saturated carbocycles. The molecule has 0 aromatic rings. The Morgan fingerprint density at radius 1 is 1.43 bits per heavy atom. The van der Waals surface area contributed by atoms with E-state index in [0.29, 0.717) is 0 Å². The highest BCUT2D eigenvalue weighted by atomic mass is 16.8. The Hall–Kier alpha value is -0.870. The molecule has 0 fully saturated rings. The highest BCUT2D eigenvalue weighted by Gasteiger charge is 2.29. The second kappa shape index (κ2) is 5.78. The van der Waals surface area contributed by atoms with E-state index in [1.807, 2.05) is 0 Å². The highest BCUT2D eigenvalue weighted by molar-refractivity contribution is 5.82. The lowest BCUT2D eigenvalue weighted by atomic mass is 10.3. The molecular formula is C10H18O4. The van der Waals surface area contributed by atoms with Crippen molar-refractivity contribution in [1.82, 2.24) is 0 Å². The van der Waals surface area contributed by atoms with Gasteiger partial charge in [-0.05, 0) is 20.8 Å². The van der Waals surface area contributed by atoms with Crippen LogP contribution in [0.3, 0.4) is 0 Å². The van der Waals surface area contributed by atoms with E-state index in [4.69, 9.17) is 9.47 Å². The molecule has 0 aliphatic rings. The molecule has 14 heavy (non-hydrogen) atoms. The van der Waals surface area contributed by atoms with Crippen molar-refractivity contribution in [3.05, 3.63) is 11.6 Å². The molecule has 4 nitrogen and oxygen atoms in total. The van der Waals surface area contributed by atoms with Crippen LogP contribution in [-0.2, 0) is 14.3 Å². The van der Waals surface area contributed by atoms with Gasteiger partial charge in [0.2, 0.25) is 0 Å². The van der Waals surface area contributed by atoms with Gasteiger partial charge in [0.1, 0.15) is 0 Å². The average Bonchev–Trinajstić information content (AvgIpc) is 2.02. The Balaban J connectivity index is 4.31. The molecule has 0 aliphatic carbocycles. The van der Waals surface area contributed by atoms with Gasteiger partial charge in [-0.2, -0.15) is 0 Å². The van der Waals surface area contributed by atoms with Crippen LogP contribution in [0.4, 0.5) is 0 Å². The molecule has 1 N–H and O–H groups in total. The van der Waals surface area contributed by atoms with Crippen molar-refractivity contribution < 1.29 is 19.4 Å². The molecule has 4 heteroatoms. The monoisotopic (exact) mass is 202 g/mol. The fourth-order valence-electron chi connectivity index (χ4n) is 0.852. The van der Waals surface area contributed by atoms with Gasteiger partial charge in [0, 0.05) is 12.5 Å². The molecule has 1 atom stereocenters. The number of carbonyl (C=O) groups is 1. The largest absolute Gasteiger partial charge is 0.405 e. The lowest BCUT2D eigenvalue weighted by Gasteiger charge is -2.24. The predicted octanol–water partition coefficient (Wildman–Crippen LogP) is 1.59. The van der Waals surface area contributed by atoms with Gasteiger partial charge in [-0.15, -0.1) is 0 Å². The molecule has 0 heterocycles. The van der Waals surface area contributed by atoms with E-state index in [0.717, 1.165) is 5.57 Å². The fourth-order valence-corrected chi connectivity index (χ4v) is 0.852. The summed E-state index contributed by atoms with van der Waals surface area (Å²) in [7, 11) is 0. The molecule has 0 aromatic heterocycles. The van der Waals surface area contributed by atoms with Gasteiger partial charge in [0.25, 0.3) is 0 Å². The second-order valence-electron chi connectivity index (χ2n) is 3.14. The Morgan fingerprint density at radius 2 is 2.00 bits per heavy atom. The number of ether oxygens (including phenoxy) is 2. The van der Waals surface area contributed by atoms with Crippen molar-refractivity contribution in [3.63, 3.8) is 0 Å². The zero-order valence-corrected chi connectivity index (χ0v) is 9.16. The van der Waals surface area contributed by atoms with E-state index in [1.54, 1.807) is 27.7 Å². The van der Waals surface area contributed by atoms with Crippen LogP contribution in [-0.4, -0.2) is 23.7 Å². The van der Waals surface area contributed by atoms with Gasteiger partial charge in [-0.3, -0.25) is 0 Å². The number of hydrogen-bond donors (Lipinski definition) is 1. The zero-order valence-electron chi connectivity index (χ0n) is 9.16. The SMILES string of the molecule is CCOC(O)(CC)OC(=O)C=C(C)C. The van der Waals surface area contributed by atoms with Crippen molar-refractivity contribution in [2.24, 2.45) is 0 Å². The van der Waals surface area contributed by atoms with Gasteiger partial charge in [-0.25, -0.2) is 4.79 Å². The van der Waals surface area contributed by atoms with Crippen LogP contribution >= 0.6 is 0 Å². The van der Waals surface area contributed by atoms with E-state index < -0.39 is 11.9 Å². The number of carbonyl (C=O) groups excluding carboxylic acids is 1. The van der Waals surface area contributed by atoms with Gasteiger partial charge in [0.05, 0.1) is 6.61 Å². The smallest absolute Gasteiger partial charge is 0.334 e. The minimum Gasteiger partial charge on any atom is -0.405 e. The molecule has 82 valence electrons. The van der Waals surface area contributed by atoms with Crippen LogP contribution in [0.1, 0.15) is 34.1 Å². The molecule has 0 aromatic carbocycles. The van der Waals surface area contributed by atoms with E-state index in [9.17, 15) is 9.90 Å². The standard InChI is InChI=1S/C10H18O4/c1-5-10(12,13-6-2)14-9(11)7-8(3)4/h7,12H,5-6H2,1-4H3. The van der Waals surface area contributed by atoms with Crippen LogP contribution in [0.2, 0.25) is 0 Å². The number of aliphatic hydroxyl groups is 1. The van der Waals surface area contributed by atoms with Crippen LogP contribution in [0.25, 0.3) is 0 Å². The van der Waals surface area contributed by atoms with Crippen LogP contribution in [0, 0.1) is 0 Å². The average molecular weight is 202 g/mol. The van der Waals surface area contributed by atoms with Crippen molar-refractivity contribution in [2.75, 3.05) is 6.61 Å². The maximum Gasteiger partial charge on any atom is 0.334 e. The van der Waals surface area contributed by atoms with Gasteiger partial charge in [0.15, 0.2) is 0 Å². The number of rotatable bonds is 5. The molecule has 0 saturated heterocycles. The molecule has 0 aliphatic heterocycles. The summed E-state index contributed by atoms with van der Waals surface area (Å²) >= 11 is 0. The summed E-state index contributed by atoms with van der Waals surface area (Å²) in [6.07, 6.45) is 1.50. The first-order valence-corrected chi connectivity index (χ1v) is 4.67. The third kappa shape index (κ3) is 4.99. The normalized spacial score (nSPS) is 14.4. The van der Waals surface area contributed by atoms with Crippen molar-refractivity contribution >= 4 is 5.97 Å². The molecule has 0 radical (unpaired) electrons. The van der Waals surface area contributed by atoms with E-state index in [1.165, 1.54) is 6.08 Å². The van der Waals surface area contributed by atoms with E-state index in [2.05, 4.69) is 0 Å². The molecule has 0 spiro atoms. The highest BCUT2D eigenvalue weighted by Crippen LogP contribution is 2.14. The van der Waals surface area contributed by atoms with E-state index >= 15 is 0 Å². The first kappa shape index (κ1) is 13.1. The molecule has 0 amide bonds. The summed E-state index contributed by atoms with van der Waals surface area (Å²) in [4.78, 5) is 11.2. The first-order chi connectivity index (χ1) is 6.43. The minimum atomic E-state index is -1.79. The molecule has 0 bridgehead atoms.